The van der Waals surface area contributed by atoms with Crippen molar-refractivity contribution in [3.63, 3.8) is 0 Å². The number of fused-ring (bicyclic) bond motifs is 3. The summed E-state index contributed by atoms with van der Waals surface area (Å²) < 4.78 is 4.46. The van der Waals surface area contributed by atoms with Gasteiger partial charge in [0.05, 0.1) is 0 Å². The fourth-order valence-corrected chi connectivity index (χ4v) is 5.67. The van der Waals surface area contributed by atoms with Crippen LogP contribution in [0.15, 0.2) is 17.5 Å². The minimum atomic E-state index is 1.24. The van der Waals surface area contributed by atoms with E-state index in [0.29, 0.717) is 0 Å². The molecule has 0 unspecified atom stereocenters. The van der Waals surface area contributed by atoms with E-state index in [-0.39, 0.29) is 0 Å². The van der Waals surface area contributed by atoms with E-state index in [2.05, 4.69) is 47.7 Å². The average Bonchev–Trinajstić information content (AvgIpc) is 3.08. The second-order valence-electron chi connectivity index (χ2n) is 5.72. The predicted molar refractivity (Wildman–Crippen MR) is 99.8 cm³/mol. The zero-order chi connectivity index (χ0) is 14.8. The fraction of sp³-hybridized carbons (Fsp3) is 0.444. The van der Waals surface area contributed by atoms with Crippen LogP contribution in [-0.2, 0) is 12.8 Å². The molecule has 0 fully saturated rings. The van der Waals surface area contributed by atoms with Crippen LogP contribution in [0.5, 0.6) is 0 Å². The molecule has 108 valence electrons. The summed E-state index contributed by atoms with van der Waals surface area (Å²) in [5.74, 6) is 0. The van der Waals surface area contributed by atoms with Gasteiger partial charge in [0.2, 0.25) is 0 Å². The van der Waals surface area contributed by atoms with Crippen molar-refractivity contribution in [3.05, 3.63) is 28.6 Å². The number of hydrogen-bond acceptors (Lipinski definition) is 2. The van der Waals surface area contributed by atoms with Crippen LogP contribution in [0.4, 0.5) is 0 Å². The van der Waals surface area contributed by atoms with E-state index in [1.165, 1.54) is 53.0 Å². The Morgan fingerprint density at radius 2 is 1.62 bits per heavy atom. The molecule has 2 radical (unpaired) electrons. The molecule has 2 aromatic heterocycles. The van der Waals surface area contributed by atoms with Crippen LogP contribution < -0.4 is 3.74 Å². The summed E-state index contributed by atoms with van der Waals surface area (Å²) in [6.45, 7) is 4.59. The van der Waals surface area contributed by atoms with Crippen LogP contribution in [0.1, 0.15) is 50.7 Å². The molecule has 3 rings (SSSR count). The molecule has 0 aliphatic heterocycles. The molecule has 0 N–H and O–H groups in total. The molecule has 0 aliphatic rings. The third kappa shape index (κ3) is 2.95. The Labute approximate surface area is 143 Å². The van der Waals surface area contributed by atoms with Gasteiger partial charge in [0.15, 0.2) is 16.3 Å². The van der Waals surface area contributed by atoms with E-state index in [9.17, 15) is 0 Å². The van der Waals surface area contributed by atoms with Crippen molar-refractivity contribution in [2.24, 2.45) is 0 Å². The number of thiophene rings is 2. The quantitative estimate of drug-likeness (QED) is 0.517. The molecule has 0 spiro atoms. The monoisotopic (exact) mass is 328 g/mol. The maximum Gasteiger partial charge on any atom is 0.194 e. The summed E-state index contributed by atoms with van der Waals surface area (Å²) in [5, 5.41) is 5.22. The maximum atomic E-state index is 2.89. The third-order valence-corrected chi connectivity index (χ3v) is 6.70. The lowest BCUT2D eigenvalue weighted by atomic mass is 9.94. The predicted octanol–water partition coefficient (Wildman–Crippen LogP) is 5.60. The number of unbranched alkanes of at least 4 members (excludes halogenated alkanes) is 2. The van der Waals surface area contributed by atoms with Gasteiger partial charge in [0, 0.05) is 20.2 Å². The summed E-state index contributed by atoms with van der Waals surface area (Å²) in [4.78, 5) is 0. The van der Waals surface area contributed by atoms with Crippen LogP contribution in [0, 0.1) is 0 Å². The molecular formula is C18H21AlS2. The smallest absolute Gasteiger partial charge is 0.161 e. The van der Waals surface area contributed by atoms with Crippen molar-refractivity contribution in [1.29, 1.82) is 0 Å². The van der Waals surface area contributed by atoms with E-state index >= 15 is 0 Å². The summed E-state index contributed by atoms with van der Waals surface area (Å²) in [6.07, 6.45) is 7.64. The van der Waals surface area contributed by atoms with Gasteiger partial charge in [0.25, 0.3) is 0 Å². The highest BCUT2D eigenvalue weighted by atomic mass is 32.1. The highest BCUT2D eigenvalue weighted by molar-refractivity contribution is 7.26. The highest BCUT2D eigenvalue weighted by Crippen LogP contribution is 2.39. The minimum absolute atomic E-state index is 1.24. The van der Waals surface area contributed by atoms with E-state index < -0.39 is 0 Å². The van der Waals surface area contributed by atoms with Gasteiger partial charge in [0.1, 0.15) is 0 Å². The average molecular weight is 328 g/mol. The number of benzene rings is 1. The molecular weight excluding hydrogens is 307 g/mol. The zero-order valence-electron chi connectivity index (χ0n) is 12.9. The Morgan fingerprint density at radius 1 is 0.952 bits per heavy atom. The fourth-order valence-electron chi connectivity index (χ4n) is 3.10. The van der Waals surface area contributed by atoms with Gasteiger partial charge in [-0.1, -0.05) is 36.5 Å². The zero-order valence-corrected chi connectivity index (χ0v) is 15.7. The van der Waals surface area contributed by atoms with Gasteiger partial charge in [-0.3, -0.25) is 0 Å². The summed E-state index contributed by atoms with van der Waals surface area (Å²) in [7, 11) is 0. The van der Waals surface area contributed by atoms with Gasteiger partial charge in [-0.05, 0) is 48.3 Å². The first-order chi connectivity index (χ1) is 10.3. The molecule has 2 heterocycles. The van der Waals surface area contributed by atoms with Gasteiger partial charge >= 0.3 is 0 Å². The molecule has 0 aliphatic carbocycles. The van der Waals surface area contributed by atoms with E-state index in [1.54, 1.807) is 20.5 Å². The summed E-state index contributed by atoms with van der Waals surface area (Å²) >= 11 is 6.79. The molecule has 0 saturated heterocycles. The lowest BCUT2D eigenvalue weighted by Crippen LogP contribution is -1.96. The topological polar surface area (TPSA) is 0 Å². The standard InChI is InChI=1S/C18H21S2.Al/c1-3-5-7-13-14(8-6-4-2)18-16(10-12-20-18)15-9-11-19-17(13)15;/h9-11H,3-8H2,1-2H3;. The summed E-state index contributed by atoms with van der Waals surface area (Å²) in [5.41, 5.74) is 3.30. The lowest BCUT2D eigenvalue weighted by Gasteiger charge is -2.13. The molecule has 0 nitrogen and oxygen atoms in total. The number of rotatable bonds is 6. The van der Waals surface area contributed by atoms with Gasteiger partial charge in [-0.2, -0.15) is 11.3 Å². The summed E-state index contributed by atoms with van der Waals surface area (Å²) in [6, 6.07) is 4.68. The van der Waals surface area contributed by atoms with Crippen LogP contribution >= 0.6 is 22.7 Å². The SMILES string of the molecule is CCCCc1c(CCCC)c2s[c]([Al])cc2c2ccsc12. The Morgan fingerprint density at radius 3 is 2.29 bits per heavy atom. The first kappa shape index (κ1) is 15.6. The second-order valence-corrected chi connectivity index (χ2v) is 8.76. The minimum Gasteiger partial charge on any atom is -0.161 e. The largest absolute Gasteiger partial charge is 0.194 e. The van der Waals surface area contributed by atoms with E-state index in [4.69, 9.17) is 0 Å². The third-order valence-electron chi connectivity index (χ3n) is 4.18. The molecule has 21 heavy (non-hydrogen) atoms. The highest BCUT2D eigenvalue weighted by Gasteiger charge is 2.16. The van der Waals surface area contributed by atoms with Crippen LogP contribution in [-0.4, -0.2) is 16.3 Å². The van der Waals surface area contributed by atoms with Crippen molar-refractivity contribution >= 4 is 62.9 Å². The molecule has 3 heteroatoms. The first-order valence-electron chi connectivity index (χ1n) is 7.96. The Kier molecular flexibility index (Phi) is 5.07. The van der Waals surface area contributed by atoms with Crippen LogP contribution in [0.25, 0.3) is 20.2 Å². The lowest BCUT2D eigenvalue weighted by molar-refractivity contribution is 0.766. The number of aryl methyl sites for hydroxylation is 2. The second kappa shape index (κ2) is 6.84. The molecule has 0 bridgehead atoms. The molecule has 0 atom stereocenters. The molecule has 0 saturated carbocycles. The molecule has 1 aromatic carbocycles. The van der Waals surface area contributed by atoms with Crippen molar-refractivity contribution in [3.8, 4) is 0 Å². The Bertz CT molecular complexity index is 751. The van der Waals surface area contributed by atoms with Gasteiger partial charge in [-0.15, -0.1) is 11.3 Å². The maximum absolute atomic E-state index is 2.89. The van der Waals surface area contributed by atoms with Crippen molar-refractivity contribution in [2.45, 2.75) is 52.4 Å². The first-order valence-corrected chi connectivity index (χ1v) is 10.2. The van der Waals surface area contributed by atoms with Crippen molar-refractivity contribution in [1.82, 2.24) is 0 Å². The van der Waals surface area contributed by atoms with E-state index in [1.807, 2.05) is 22.7 Å². The Hall–Kier alpha value is -0.328. The van der Waals surface area contributed by atoms with Gasteiger partial charge < -0.3 is 0 Å². The van der Waals surface area contributed by atoms with E-state index in [0.717, 1.165) is 0 Å². The molecule has 0 amide bonds. The van der Waals surface area contributed by atoms with Gasteiger partial charge in [-0.25, -0.2) is 0 Å². The Balaban J connectivity index is 2.27. The number of hydrogen-bond donors (Lipinski definition) is 0. The normalized spacial score (nSPS) is 11.7. The van der Waals surface area contributed by atoms with Crippen molar-refractivity contribution < 1.29 is 0 Å². The van der Waals surface area contributed by atoms with Crippen molar-refractivity contribution in [2.75, 3.05) is 0 Å². The van der Waals surface area contributed by atoms with Crippen LogP contribution in [0.3, 0.4) is 0 Å². The molecule has 3 aromatic rings. The van der Waals surface area contributed by atoms with Crippen LogP contribution in [0.2, 0.25) is 0 Å².